The van der Waals surface area contributed by atoms with Crippen LogP contribution in [0.15, 0.2) is 34.7 Å². The summed E-state index contributed by atoms with van der Waals surface area (Å²) in [6, 6.07) is 4.45. The summed E-state index contributed by atoms with van der Waals surface area (Å²) in [5, 5.41) is 3.04. The van der Waals surface area contributed by atoms with E-state index in [0.29, 0.717) is 25.2 Å². The minimum Gasteiger partial charge on any atom is -0.352 e. The van der Waals surface area contributed by atoms with Gasteiger partial charge in [0.2, 0.25) is 10.0 Å². The molecular weight excluding hydrogens is 372 g/mol. The van der Waals surface area contributed by atoms with E-state index >= 15 is 0 Å². The van der Waals surface area contributed by atoms with Gasteiger partial charge in [-0.3, -0.25) is 4.79 Å². The van der Waals surface area contributed by atoms with Gasteiger partial charge in [-0.1, -0.05) is 23.3 Å². The number of carbonyl (C=O) groups is 1. The molecule has 0 bridgehead atoms. The Labute approximate surface area is 160 Å². The zero-order valence-corrected chi connectivity index (χ0v) is 16.4. The van der Waals surface area contributed by atoms with Gasteiger partial charge in [-0.05, 0) is 63.1 Å². The van der Waals surface area contributed by atoms with Crippen LogP contribution in [-0.2, 0) is 10.0 Å². The van der Waals surface area contributed by atoms with Crippen molar-refractivity contribution in [1.29, 1.82) is 0 Å². The molecule has 3 rings (SSSR count). The molecule has 1 aromatic carbocycles. The van der Waals surface area contributed by atoms with Crippen LogP contribution in [0.5, 0.6) is 0 Å². The molecule has 0 saturated carbocycles. The maximum atomic E-state index is 12.8. The molecular formula is C19H25ClN2O3S. The third-order valence-electron chi connectivity index (χ3n) is 4.99. The Kier molecular flexibility index (Phi) is 6.37. The average Bonchev–Trinajstić information content (AvgIpc) is 3.18. The second-order valence-electron chi connectivity index (χ2n) is 6.87. The van der Waals surface area contributed by atoms with E-state index in [4.69, 9.17) is 11.6 Å². The molecule has 0 atom stereocenters. The van der Waals surface area contributed by atoms with Gasteiger partial charge in [-0.2, -0.15) is 4.31 Å². The summed E-state index contributed by atoms with van der Waals surface area (Å²) in [7, 11) is -3.65. The number of rotatable bonds is 6. The molecule has 1 saturated heterocycles. The topological polar surface area (TPSA) is 66.5 Å². The summed E-state index contributed by atoms with van der Waals surface area (Å²) in [6.45, 7) is 1.57. The van der Waals surface area contributed by atoms with Gasteiger partial charge in [0.25, 0.3) is 5.91 Å². The highest BCUT2D eigenvalue weighted by molar-refractivity contribution is 7.89. The van der Waals surface area contributed by atoms with Gasteiger partial charge in [-0.25, -0.2) is 8.42 Å². The minimum absolute atomic E-state index is 0.0173. The molecule has 1 aromatic rings. The molecule has 0 radical (unpaired) electrons. The van der Waals surface area contributed by atoms with Crippen LogP contribution in [0.3, 0.4) is 0 Å². The average molecular weight is 397 g/mol. The molecule has 1 N–H and O–H groups in total. The van der Waals surface area contributed by atoms with Crippen LogP contribution in [0.2, 0.25) is 5.02 Å². The molecule has 5 nitrogen and oxygen atoms in total. The predicted molar refractivity (Wildman–Crippen MR) is 103 cm³/mol. The fourth-order valence-electron chi connectivity index (χ4n) is 3.48. The number of nitrogens with one attached hydrogen (secondary N) is 1. The first-order valence-electron chi connectivity index (χ1n) is 9.24. The first-order valence-corrected chi connectivity index (χ1v) is 11.1. The second-order valence-corrected chi connectivity index (χ2v) is 9.18. The maximum absolute atomic E-state index is 12.8. The molecule has 1 heterocycles. The van der Waals surface area contributed by atoms with Crippen LogP contribution in [-0.4, -0.2) is 38.3 Å². The normalized spacial score (nSPS) is 18.6. The van der Waals surface area contributed by atoms with Crippen molar-refractivity contribution in [3.63, 3.8) is 0 Å². The van der Waals surface area contributed by atoms with Crippen molar-refractivity contribution in [2.75, 3.05) is 19.6 Å². The SMILES string of the molecule is O=C(NCCC1=CCCCC1)c1ccc(Cl)c(S(=O)(=O)N2CCCC2)c1. The lowest BCUT2D eigenvalue weighted by atomic mass is 9.97. The molecule has 0 aromatic heterocycles. The summed E-state index contributed by atoms with van der Waals surface area (Å²) in [5.41, 5.74) is 1.72. The predicted octanol–water partition coefficient (Wildman–Crippen LogP) is 3.74. The van der Waals surface area contributed by atoms with Crippen molar-refractivity contribution in [1.82, 2.24) is 9.62 Å². The maximum Gasteiger partial charge on any atom is 0.251 e. The Morgan fingerprint density at radius 1 is 1.15 bits per heavy atom. The van der Waals surface area contributed by atoms with E-state index in [9.17, 15) is 13.2 Å². The summed E-state index contributed by atoms with van der Waals surface area (Å²) in [6.07, 6.45) is 9.51. The van der Waals surface area contributed by atoms with Crippen molar-refractivity contribution in [2.24, 2.45) is 0 Å². The van der Waals surface area contributed by atoms with Gasteiger partial charge in [0.15, 0.2) is 0 Å². The van der Waals surface area contributed by atoms with Crippen molar-refractivity contribution in [3.05, 3.63) is 40.4 Å². The lowest BCUT2D eigenvalue weighted by molar-refractivity contribution is 0.0954. The largest absolute Gasteiger partial charge is 0.352 e. The zero-order chi connectivity index (χ0) is 18.6. The first-order chi connectivity index (χ1) is 12.5. The fourth-order valence-corrected chi connectivity index (χ4v) is 5.50. The third-order valence-corrected chi connectivity index (χ3v) is 7.37. The molecule has 26 heavy (non-hydrogen) atoms. The number of allylic oxidation sites excluding steroid dienone is 1. The number of nitrogens with zero attached hydrogens (tertiary/aromatic N) is 1. The van der Waals surface area contributed by atoms with Crippen LogP contribution in [0, 0.1) is 0 Å². The molecule has 1 aliphatic heterocycles. The van der Waals surface area contributed by atoms with Gasteiger partial charge in [0, 0.05) is 25.2 Å². The number of hydrogen-bond acceptors (Lipinski definition) is 3. The Morgan fingerprint density at radius 2 is 1.92 bits per heavy atom. The molecule has 142 valence electrons. The number of halogens is 1. The van der Waals surface area contributed by atoms with Crippen molar-refractivity contribution in [3.8, 4) is 0 Å². The summed E-state index contributed by atoms with van der Waals surface area (Å²) in [5.74, 6) is -0.268. The molecule has 1 fully saturated rings. The molecule has 1 aliphatic carbocycles. The number of carbonyl (C=O) groups excluding carboxylic acids is 1. The number of sulfonamides is 1. The van der Waals surface area contributed by atoms with Gasteiger partial charge in [0.1, 0.15) is 4.90 Å². The number of hydrogen-bond donors (Lipinski definition) is 1. The van der Waals surface area contributed by atoms with Gasteiger partial charge in [-0.15, -0.1) is 0 Å². The van der Waals surface area contributed by atoms with E-state index in [1.807, 2.05) is 0 Å². The lowest BCUT2D eigenvalue weighted by Crippen LogP contribution is -2.29. The standard InChI is InChI=1S/C19H25ClN2O3S/c20-17-9-8-16(14-18(17)26(24,25)22-12-4-5-13-22)19(23)21-11-10-15-6-2-1-3-7-15/h6,8-9,14H,1-5,7,10-13H2,(H,21,23). The van der Waals surface area contributed by atoms with Crippen molar-refractivity contribution in [2.45, 2.75) is 49.8 Å². The highest BCUT2D eigenvalue weighted by atomic mass is 35.5. The third kappa shape index (κ3) is 4.48. The highest BCUT2D eigenvalue weighted by Crippen LogP contribution is 2.28. The Hall–Kier alpha value is -1.37. The first kappa shape index (κ1) is 19.4. The van der Waals surface area contributed by atoms with E-state index in [1.165, 1.54) is 34.9 Å². The molecule has 0 unspecified atom stereocenters. The van der Waals surface area contributed by atoms with Gasteiger partial charge in [0.05, 0.1) is 5.02 Å². The second kappa shape index (κ2) is 8.55. The Morgan fingerprint density at radius 3 is 2.62 bits per heavy atom. The monoisotopic (exact) mass is 396 g/mol. The van der Waals surface area contributed by atoms with E-state index in [2.05, 4.69) is 11.4 Å². The van der Waals surface area contributed by atoms with E-state index in [-0.39, 0.29) is 15.8 Å². The van der Waals surface area contributed by atoms with Crippen LogP contribution in [0.25, 0.3) is 0 Å². The van der Waals surface area contributed by atoms with Crippen LogP contribution in [0.1, 0.15) is 55.3 Å². The zero-order valence-electron chi connectivity index (χ0n) is 14.8. The van der Waals surface area contributed by atoms with Crippen LogP contribution < -0.4 is 5.32 Å². The van der Waals surface area contributed by atoms with Gasteiger partial charge < -0.3 is 5.32 Å². The molecule has 7 heteroatoms. The minimum atomic E-state index is -3.65. The number of amides is 1. The van der Waals surface area contributed by atoms with E-state index in [1.54, 1.807) is 6.07 Å². The highest BCUT2D eigenvalue weighted by Gasteiger charge is 2.29. The van der Waals surface area contributed by atoms with Crippen molar-refractivity contribution >= 4 is 27.5 Å². The Bertz CT molecular complexity index is 799. The summed E-state index contributed by atoms with van der Waals surface area (Å²) < 4.78 is 26.9. The van der Waals surface area contributed by atoms with Crippen LogP contribution >= 0.6 is 11.6 Å². The summed E-state index contributed by atoms with van der Waals surface area (Å²) in [4.78, 5) is 12.4. The van der Waals surface area contributed by atoms with E-state index < -0.39 is 10.0 Å². The molecule has 1 amide bonds. The van der Waals surface area contributed by atoms with Crippen molar-refractivity contribution < 1.29 is 13.2 Å². The summed E-state index contributed by atoms with van der Waals surface area (Å²) >= 11 is 6.12. The lowest BCUT2D eigenvalue weighted by Gasteiger charge is -2.17. The van der Waals surface area contributed by atoms with Crippen LogP contribution in [0.4, 0.5) is 0 Å². The van der Waals surface area contributed by atoms with E-state index in [0.717, 1.165) is 32.1 Å². The number of benzene rings is 1. The quantitative estimate of drug-likeness (QED) is 0.744. The smallest absolute Gasteiger partial charge is 0.251 e. The molecule has 2 aliphatic rings. The van der Waals surface area contributed by atoms with Gasteiger partial charge >= 0.3 is 0 Å². The Balaban J connectivity index is 1.68. The molecule has 0 spiro atoms. The fraction of sp³-hybridized carbons (Fsp3) is 0.526.